The zero-order valence-corrected chi connectivity index (χ0v) is 16.4. The van der Waals surface area contributed by atoms with Crippen LogP contribution in [0.5, 0.6) is 5.75 Å². The minimum Gasteiger partial charge on any atom is -0.496 e. The molecule has 1 saturated heterocycles. The molecule has 1 fully saturated rings. The molecule has 0 saturated carbocycles. The number of rotatable bonds is 6. The summed E-state index contributed by atoms with van der Waals surface area (Å²) in [7, 11) is 1.62. The first-order valence-corrected chi connectivity index (χ1v) is 9.36. The number of aryl methyl sites for hydroxylation is 2. The minimum absolute atomic E-state index is 0.134. The highest BCUT2D eigenvalue weighted by Gasteiger charge is 2.35. The summed E-state index contributed by atoms with van der Waals surface area (Å²) in [6.07, 6.45) is 0.777. The highest BCUT2D eigenvalue weighted by Crippen LogP contribution is 2.27. The van der Waals surface area contributed by atoms with E-state index in [1.54, 1.807) is 26.2 Å². The topological polar surface area (TPSA) is 58.6 Å². The van der Waals surface area contributed by atoms with Crippen LogP contribution in [0.4, 0.5) is 10.1 Å². The summed E-state index contributed by atoms with van der Waals surface area (Å²) in [5.74, 6) is -0.316. The second kappa shape index (κ2) is 8.42. The van der Waals surface area contributed by atoms with Gasteiger partial charge in [-0.05, 0) is 49.6 Å². The van der Waals surface area contributed by atoms with Crippen molar-refractivity contribution in [2.45, 2.75) is 26.7 Å². The van der Waals surface area contributed by atoms with Crippen LogP contribution in [0.1, 0.15) is 23.1 Å². The lowest BCUT2D eigenvalue weighted by molar-refractivity contribution is -0.126. The molecule has 3 rings (SSSR count). The van der Waals surface area contributed by atoms with E-state index in [1.165, 1.54) is 11.0 Å². The van der Waals surface area contributed by atoms with Crippen molar-refractivity contribution in [2.24, 2.45) is 5.92 Å². The second-order valence-electron chi connectivity index (χ2n) is 7.20. The first-order chi connectivity index (χ1) is 13.4. The van der Waals surface area contributed by atoms with Gasteiger partial charge in [-0.25, -0.2) is 4.39 Å². The van der Waals surface area contributed by atoms with Crippen LogP contribution in [0, 0.1) is 25.6 Å². The van der Waals surface area contributed by atoms with Crippen molar-refractivity contribution >= 4 is 17.5 Å². The fourth-order valence-electron chi connectivity index (χ4n) is 3.45. The average molecular weight is 384 g/mol. The maximum Gasteiger partial charge on any atom is 0.227 e. The predicted molar refractivity (Wildman–Crippen MR) is 106 cm³/mol. The Morgan fingerprint density at radius 2 is 2.04 bits per heavy atom. The maximum atomic E-state index is 13.8. The molecule has 5 nitrogen and oxygen atoms in total. The van der Waals surface area contributed by atoms with Gasteiger partial charge in [0.2, 0.25) is 11.8 Å². The van der Waals surface area contributed by atoms with Gasteiger partial charge in [0, 0.05) is 25.2 Å². The minimum atomic E-state index is -0.434. The molecule has 28 heavy (non-hydrogen) atoms. The summed E-state index contributed by atoms with van der Waals surface area (Å²) in [5, 5.41) is 2.91. The van der Waals surface area contributed by atoms with E-state index in [9.17, 15) is 14.0 Å². The van der Waals surface area contributed by atoms with Crippen LogP contribution >= 0.6 is 0 Å². The summed E-state index contributed by atoms with van der Waals surface area (Å²) < 4.78 is 19.2. The van der Waals surface area contributed by atoms with Gasteiger partial charge in [-0.1, -0.05) is 23.8 Å². The third-order valence-corrected chi connectivity index (χ3v) is 5.09. The first-order valence-electron chi connectivity index (χ1n) is 9.36. The number of carbonyl (C=O) groups is 2. The number of halogens is 1. The molecule has 0 aliphatic carbocycles. The number of hydrogen-bond acceptors (Lipinski definition) is 3. The smallest absolute Gasteiger partial charge is 0.227 e. The van der Waals surface area contributed by atoms with Crippen molar-refractivity contribution in [2.75, 3.05) is 25.1 Å². The Kier molecular flexibility index (Phi) is 5.97. The van der Waals surface area contributed by atoms with Gasteiger partial charge in [0.25, 0.3) is 0 Å². The zero-order valence-electron chi connectivity index (χ0n) is 16.4. The molecule has 1 N–H and O–H groups in total. The summed E-state index contributed by atoms with van der Waals surface area (Å²) in [6.45, 7) is 4.40. The second-order valence-corrected chi connectivity index (χ2v) is 7.20. The van der Waals surface area contributed by atoms with E-state index in [1.807, 2.05) is 25.1 Å². The van der Waals surface area contributed by atoms with Crippen LogP contribution < -0.4 is 15.0 Å². The quantitative estimate of drug-likeness (QED) is 0.832. The molecule has 2 amide bonds. The van der Waals surface area contributed by atoms with E-state index in [0.717, 1.165) is 16.9 Å². The number of amides is 2. The van der Waals surface area contributed by atoms with Crippen molar-refractivity contribution in [1.29, 1.82) is 0 Å². The number of nitrogens with one attached hydrogen (secondary N) is 1. The molecule has 2 aromatic rings. The molecule has 2 aromatic carbocycles. The Morgan fingerprint density at radius 1 is 1.25 bits per heavy atom. The third-order valence-electron chi connectivity index (χ3n) is 5.09. The molecule has 0 bridgehead atoms. The van der Waals surface area contributed by atoms with Crippen LogP contribution in [0.25, 0.3) is 0 Å². The number of methoxy groups -OCH3 is 1. The predicted octanol–water partition coefficient (Wildman–Crippen LogP) is 3.16. The lowest BCUT2D eigenvalue weighted by Crippen LogP contribution is -2.34. The molecular weight excluding hydrogens is 359 g/mol. The average Bonchev–Trinajstić information content (AvgIpc) is 3.06. The molecule has 0 aromatic heterocycles. The molecule has 6 heteroatoms. The Hall–Kier alpha value is -2.89. The van der Waals surface area contributed by atoms with E-state index in [0.29, 0.717) is 24.2 Å². The number of ether oxygens (including phenoxy) is 1. The van der Waals surface area contributed by atoms with Crippen LogP contribution in [0.15, 0.2) is 36.4 Å². The lowest BCUT2D eigenvalue weighted by Gasteiger charge is -2.17. The van der Waals surface area contributed by atoms with Crippen molar-refractivity contribution in [3.05, 3.63) is 58.9 Å². The zero-order chi connectivity index (χ0) is 20.3. The monoisotopic (exact) mass is 384 g/mol. The van der Waals surface area contributed by atoms with E-state index < -0.39 is 5.92 Å². The standard InChI is InChI=1S/C22H25FN2O3/c1-14-4-7-20(28-3)16(10-14)8-9-24-22(27)17-11-21(26)25(13-17)18-6-5-15(2)19(23)12-18/h4-7,10,12,17H,8-9,11,13H2,1-3H3,(H,24,27). The third kappa shape index (κ3) is 4.32. The Morgan fingerprint density at radius 3 is 2.75 bits per heavy atom. The van der Waals surface area contributed by atoms with Gasteiger partial charge in [-0.15, -0.1) is 0 Å². The number of hydrogen-bond donors (Lipinski definition) is 1. The molecule has 0 spiro atoms. The summed E-state index contributed by atoms with van der Waals surface area (Å²) in [6, 6.07) is 10.6. The van der Waals surface area contributed by atoms with Gasteiger partial charge >= 0.3 is 0 Å². The highest BCUT2D eigenvalue weighted by atomic mass is 19.1. The van der Waals surface area contributed by atoms with Crippen LogP contribution in [0.2, 0.25) is 0 Å². The Bertz CT molecular complexity index is 897. The fourth-order valence-corrected chi connectivity index (χ4v) is 3.45. The molecule has 1 unspecified atom stereocenters. The van der Waals surface area contributed by atoms with Crippen molar-refractivity contribution < 1.29 is 18.7 Å². The number of nitrogens with zero attached hydrogens (tertiary/aromatic N) is 1. The Labute approximate surface area is 164 Å². The van der Waals surface area contributed by atoms with E-state index in [2.05, 4.69) is 5.32 Å². The molecule has 1 aliphatic rings. The first kappa shape index (κ1) is 19.9. The van der Waals surface area contributed by atoms with Gasteiger partial charge in [-0.2, -0.15) is 0 Å². The summed E-state index contributed by atoms with van der Waals surface area (Å²) >= 11 is 0. The van der Waals surface area contributed by atoms with Crippen molar-refractivity contribution in [1.82, 2.24) is 5.32 Å². The Balaban J connectivity index is 1.58. The molecule has 1 atom stereocenters. The number of carbonyl (C=O) groups excluding carboxylic acids is 2. The van der Waals surface area contributed by atoms with Gasteiger partial charge in [0.05, 0.1) is 13.0 Å². The molecule has 0 radical (unpaired) electrons. The van der Waals surface area contributed by atoms with E-state index in [-0.39, 0.29) is 30.6 Å². The van der Waals surface area contributed by atoms with E-state index >= 15 is 0 Å². The van der Waals surface area contributed by atoms with Gasteiger partial charge in [-0.3, -0.25) is 9.59 Å². The highest BCUT2D eigenvalue weighted by molar-refractivity contribution is 6.00. The number of benzene rings is 2. The SMILES string of the molecule is COc1ccc(C)cc1CCNC(=O)C1CC(=O)N(c2ccc(C)c(F)c2)C1. The summed E-state index contributed by atoms with van der Waals surface area (Å²) in [4.78, 5) is 26.3. The van der Waals surface area contributed by atoms with Gasteiger partial charge < -0.3 is 15.0 Å². The van der Waals surface area contributed by atoms with Gasteiger partial charge in [0.1, 0.15) is 11.6 Å². The molecule has 148 valence electrons. The largest absolute Gasteiger partial charge is 0.496 e. The molecular formula is C22H25FN2O3. The molecule has 1 heterocycles. The van der Waals surface area contributed by atoms with Crippen molar-refractivity contribution in [3.8, 4) is 5.75 Å². The number of anilines is 1. The van der Waals surface area contributed by atoms with Crippen LogP contribution in [0.3, 0.4) is 0 Å². The van der Waals surface area contributed by atoms with Crippen molar-refractivity contribution in [3.63, 3.8) is 0 Å². The fraction of sp³-hybridized carbons (Fsp3) is 0.364. The van der Waals surface area contributed by atoms with Crippen LogP contribution in [-0.4, -0.2) is 32.0 Å². The van der Waals surface area contributed by atoms with E-state index in [4.69, 9.17) is 4.74 Å². The van der Waals surface area contributed by atoms with Crippen LogP contribution in [-0.2, 0) is 16.0 Å². The lowest BCUT2D eigenvalue weighted by atomic mass is 10.1. The summed E-state index contributed by atoms with van der Waals surface area (Å²) in [5.41, 5.74) is 3.18. The normalized spacial score (nSPS) is 16.4. The molecule has 1 aliphatic heterocycles. The maximum absolute atomic E-state index is 13.8. The van der Waals surface area contributed by atoms with Gasteiger partial charge in [0.15, 0.2) is 0 Å².